The fraction of sp³-hybridized carbons (Fsp3) is 0.250. The summed E-state index contributed by atoms with van der Waals surface area (Å²) in [5.74, 6) is 0. The first-order valence-electron chi connectivity index (χ1n) is 11.8. The van der Waals surface area contributed by atoms with Crippen LogP contribution in [-0.2, 0) is 6.54 Å². The van der Waals surface area contributed by atoms with E-state index >= 15 is 0 Å². The molecule has 1 saturated heterocycles. The summed E-state index contributed by atoms with van der Waals surface area (Å²) < 4.78 is 2.32. The molecule has 0 amide bonds. The lowest BCUT2D eigenvalue weighted by Gasteiger charge is -2.28. The second-order valence-corrected chi connectivity index (χ2v) is 9.53. The summed E-state index contributed by atoms with van der Waals surface area (Å²) >= 11 is 5.86. The number of thiocarbonyl (C=S) groups is 1. The molecule has 1 fully saturated rings. The molecule has 0 radical (unpaired) electrons. The van der Waals surface area contributed by atoms with Crippen LogP contribution in [0.25, 0.3) is 5.69 Å². The molecular weight excluding hydrogens is 452 g/mol. The molecule has 3 aromatic heterocycles. The summed E-state index contributed by atoms with van der Waals surface area (Å²) in [7, 11) is 4.12. The van der Waals surface area contributed by atoms with Crippen molar-refractivity contribution in [1.82, 2.24) is 24.8 Å². The minimum absolute atomic E-state index is 0.0135. The number of nitrogens with zero attached hydrogens (tertiary/aromatic N) is 5. The van der Waals surface area contributed by atoms with Crippen molar-refractivity contribution in [2.75, 3.05) is 19.0 Å². The van der Waals surface area contributed by atoms with Crippen molar-refractivity contribution in [1.29, 1.82) is 0 Å². The highest BCUT2D eigenvalue weighted by molar-refractivity contribution is 7.80. The molecule has 0 bridgehead atoms. The smallest absolute Gasteiger partial charge is 0.170 e. The largest absolute Gasteiger partial charge is 0.378 e. The van der Waals surface area contributed by atoms with Crippen molar-refractivity contribution in [2.24, 2.45) is 0 Å². The van der Waals surface area contributed by atoms with Gasteiger partial charge in [0.05, 0.1) is 30.0 Å². The van der Waals surface area contributed by atoms with Crippen LogP contribution in [0.15, 0.2) is 79.1 Å². The molecule has 4 aromatic rings. The molecule has 6 nitrogen and oxygen atoms in total. The van der Waals surface area contributed by atoms with Gasteiger partial charge in [-0.2, -0.15) is 0 Å². The zero-order valence-corrected chi connectivity index (χ0v) is 21.3. The molecule has 35 heavy (non-hydrogen) atoms. The van der Waals surface area contributed by atoms with Gasteiger partial charge in [0, 0.05) is 49.3 Å². The van der Waals surface area contributed by atoms with Crippen molar-refractivity contribution in [3.63, 3.8) is 0 Å². The number of hydrogen-bond donors (Lipinski definition) is 1. The van der Waals surface area contributed by atoms with Gasteiger partial charge in [0.15, 0.2) is 5.11 Å². The Kier molecular flexibility index (Phi) is 6.26. The Morgan fingerprint density at radius 3 is 2.29 bits per heavy atom. The predicted octanol–water partition coefficient (Wildman–Crippen LogP) is 5.12. The van der Waals surface area contributed by atoms with Crippen LogP contribution in [0.3, 0.4) is 0 Å². The van der Waals surface area contributed by atoms with E-state index in [1.54, 1.807) is 0 Å². The number of aryl methyl sites for hydroxylation is 1. The van der Waals surface area contributed by atoms with Gasteiger partial charge >= 0.3 is 0 Å². The molecule has 0 spiro atoms. The Morgan fingerprint density at radius 2 is 1.66 bits per heavy atom. The topological polar surface area (TPSA) is 49.2 Å². The van der Waals surface area contributed by atoms with Crippen LogP contribution in [0.5, 0.6) is 0 Å². The van der Waals surface area contributed by atoms with E-state index in [0.29, 0.717) is 6.54 Å². The Morgan fingerprint density at radius 1 is 0.943 bits per heavy atom. The Balaban J connectivity index is 1.59. The molecular formula is C28H30N6S. The fourth-order valence-electron chi connectivity index (χ4n) is 4.96. The SMILES string of the molecule is Cc1cc([C@@H]2[C@@H](c3ccccn3)NC(=S)N2Cc2ccccn2)c(C)n1-c1ccc(N(C)C)cc1. The van der Waals surface area contributed by atoms with Crippen molar-refractivity contribution in [3.8, 4) is 5.69 Å². The summed E-state index contributed by atoms with van der Waals surface area (Å²) in [5.41, 5.74) is 7.90. The van der Waals surface area contributed by atoms with Crippen molar-refractivity contribution >= 4 is 23.0 Å². The number of pyridine rings is 2. The Labute approximate surface area is 212 Å². The van der Waals surface area contributed by atoms with Gasteiger partial charge in [-0.05, 0) is 86.2 Å². The normalized spacial score (nSPS) is 17.5. The van der Waals surface area contributed by atoms with Gasteiger partial charge in [-0.25, -0.2) is 0 Å². The van der Waals surface area contributed by atoms with E-state index in [2.05, 4.69) is 94.0 Å². The summed E-state index contributed by atoms with van der Waals surface area (Å²) in [6.45, 7) is 4.98. The van der Waals surface area contributed by atoms with E-state index in [-0.39, 0.29) is 12.1 Å². The Bertz CT molecular complexity index is 1320. The van der Waals surface area contributed by atoms with Crippen LogP contribution in [0.2, 0.25) is 0 Å². The first-order valence-corrected chi connectivity index (χ1v) is 12.2. The third-order valence-electron chi connectivity index (χ3n) is 6.67. The Hall–Kier alpha value is -3.71. The van der Waals surface area contributed by atoms with Crippen molar-refractivity contribution in [2.45, 2.75) is 32.5 Å². The van der Waals surface area contributed by atoms with E-state index in [4.69, 9.17) is 12.2 Å². The van der Waals surface area contributed by atoms with Gasteiger partial charge in [0.2, 0.25) is 0 Å². The lowest BCUT2D eigenvalue weighted by Crippen LogP contribution is -2.29. The number of aromatic nitrogens is 3. The number of benzene rings is 1. The second kappa shape index (κ2) is 9.50. The van der Waals surface area contributed by atoms with Crippen LogP contribution in [0.1, 0.15) is 40.4 Å². The average molecular weight is 483 g/mol. The highest BCUT2D eigenvalue weighted by atomic mass is 32.1. The monoisotopic (exact) mass is 482 g/mol. The molecule has 5 rings (SSSR count). The van der Waals surface area contributed by atoms with E-state index < -0.39 is 0 Å². The van der Waals surface area contributed by atoms with E-state index in [1.165, 1.54) is 22.6 Å². The minimum atomic E-state index is -0.0579. The highest BCUT2D eigenvalue weighted by Crippen LogP contribution is 2.42. The van der Waals surface area contributed by atoms with Crippen LogP contribution in [0, 0.1) is 13.8 Å². The van der Waals surface area contributed by atoms with Crippen LogP contribution in [0.4, 0.5) is 5.69 Å². The molecule has 178 valence electrons. The van der Waals surface area contributed by atoms with Gasteiger partial charge in [0.1, 0.15) is 0 Å². The molecule has 1 N–H and O–H groups in total. The summed E-state index contributed by atoms with van der Waals surface area (Å²) in [6.07, 6.45) is 3.67. The summed E-state index contributed by atoms with van der Waals surface area (Å²) in [4.78, 5) is 13.6. The third kappa shape index (κ3) is 4.39. The third-order valence-corrected chi connectivity index (χ3v) is 7.02. The van der Waals surface area contributed by atoms with Gasteiger partial charge in [-0.1, -0.05) is 12.1 Å². The molecule has 1 aromatic carbocycles. The quantitative estimate of drug-likeness (QED) is 0.385. The minimum Gasteiger partial charge on any atom is -0.378 e. The van der Waals surface area contributed by atoms with Crippen LogP contribution >= 0.6 is 12.2 Å². The highest BCUT2D eigenvalue weighted by Gasteiger charge is 2.41. The molecule has 1 aliphatic rings. The van der Waals surface area contributed by atoms with E-state index in [1.807, 2.05) is 42.7 Å². The zero-order valence-electron chi connectivity index (χ0n) is 20.5. The van der Waals surface area contributed by atoms with E-state index in [0.717, 1.165) is 22.2 Å². The number of hydrogen-bond acceptors (Lipinski definition) is 4. The zero-order chi connectivity index (χ0) is 24.5. The van der Waals surface area contributed by atoms with Crippen molar-refractivity contribution < 1.29 is 0 Å². The van der Waals surface area contributed by atoms with Crippen LogP contribution in [-0.4, -0.2) is 38.6 Å². The molecule has 4 heterocycles. The summed E-state index contributed by atoms with van der Waals surface area (Å²) in [6, 6.07) is 22.9. The van der Waals surface area contributed by atoms with E-state index in [9.17, 15) is 0 Å². The molecule has 7 heteroatoms. The fourth-order valence-corrected chi connectivity index (χ4v) is 5.27. The molecule has 0 saturated carbocycles. The molecule has 0 unspecified atom stereocenters. The maximum Gasteiger partial charge on any atom is 0.170 e. The van der Waals surface area contributed by atoms with Crippen LogP contribution < -0.4 is 10.2 Å². The maximum absolute atomic E-state index is 5.86. The summed E-state index contributed by atoms with van der Waals surface area (Å²) in [5, 5.41) is 4.28. The first kappa shape index (κ1) is 23.1. The number of anilines is 1. The van der Waals surface area contributed by atoms with Gasteiger partial charge in [-0.15, -0.1) is 0 Å². The number of nitrogens with one attached hydrogen (secondary N) is 1. The predicted molar refractivity (Wildman–Crippen MR) is 145 cm³/mol. The van der Waals surface area contributed by atoms with Gasteiger partial charge in [-0.3, -0.25) is 9.97 Å². The number of rotatable bonds is 6. The molecule has 2 atom stereocenters. The van der Waals surface area contributed by atoms with Gasteiger partial charge in [0.25, 0.3) is 0 Å². The maximum atomic E-state index is 5.86. The molecule has 0 aliphatic carbocycles. The first-order chi connectivity index (χ1) is 16.9. The lowest BCUT2D eigenvalue weighted by molar-refractivity contribution is 0.307. The van der Waals surface area contributed by atoms with Crippen molar-refractivity contribution in [3.05, 3.63) is 107 Å². The molecule has 1 aliphatic heterocycles. The lowest BCUT2D eigenvalue weighted by atomic mass is 9.96. The second-order valence-electron chi connectivity index (χ2n) is 9.15. The standard InChI is InChI=1S/C28H30N6S/c1-19-17-24(20(2)34(19)23-13-11-22(12-14-23)32(3)4)27-26(25-10-6-8-16-30-25)31-28(35)33(27)18-21-9-5-7-15-29-21/h5-17,26-27H,18H2,1-4H3,(H,31,35)/t26-,27-/m1/s1. The average Bonchev–Trinajstić information content (AvgIpc) is 3.35. The van der Waals surface area contributed by atoms with Gasteiger partial charge < -0.3 is 19.7 Å².